The zero-order valence-corrected chi connectivity index (χ0v) is 14.0. The molecule has 0 aliphatic carbocycles. The van der Waals surface area contributed by atoms with Crippen molar-refractivity contribution >= 4 is 16.9 Å². The first-order chi connectivity index (χ1) is 11.4. The number of aryl methyl sites for hydroxylation is 3. The normalized spacial score (nSPS) is 12.5. The first kappa shape index (κ1) is 16.0. The van der Waals surface area contributed by atoms with Gasteiger partial charge in [0.1, 0.15) is 29.8 Å². The van der Waals surface area contributed by atoms with Crippen molar-refractivity contribution in [2.45, 2.75) is 33.4 Å². The first-order valence-corrected chi connectivity index (χ1v) is 7.60. The summed E-state index contributed by atoms with van der Waals surface area (Å²) in [5, 5.41) is 7.27. The summed E-state index contributed by atoms with van der Waals surface area (Å²) in [6.45, 7) is 5.49. The molecule has 0 radical (unpaired) electrons. The van der Waals surface area contributed by atoms with E-state index in [0.29, 0.717) is 11.0 Å². The molecule has 0 unspecified atom stereocenters. The highest BCUT2D eigenvalue weighted by Gasteiger charge is 2.16. The van der Waals surface area contributed by atoms with Crippen LogP contribution in [0, 0.1) is 13.8 Å². The molecule has 1 atom stereocenters. The number of carbonyl (C=O) groups excluding carboxylic acids is 1. The Morgan fingerprint density at radius 2 is 2.17 bits per heavy atom. The number of rotatable bonds is 4. The van der Waals surface area contributed by atoms with Crippen LogP contribution in [0.25, 0.3) is 11.0 Å². The van der Waals surface area contributed by atoms with E-state index in [9.17, 15) is 9.59 Å². The number of carbonyl (C=O) groups is 1. The van der Waals surface area contributed by atoms with E-state index < -0.39 is 0 Å². The van der Waals surface area contributed by atoms with Crippen LogP contribution < -0.4 is 10.9 Å². The van der Waals surface area contributed by atoms with Crippen molar-refractivity contribution in [2.75, 3.05) is 0 Å². The fourth-order valence-corrected chi connectivity index (χ4v) is 2.78. The molecule has 1 N–H and O–H groups in total. The van der Waals surface area contributed by atoms with E-state index in [2.05, 4.69) is 15.4 Å². The molecule has 0 fully saturated rings. The number of amides is 1. The van der Waals surface area contributed by atoms with Crippen molar-refractivity contribution < 1.29 is 9.21 Å². The summed E-state index contributed by atoms with van der Waals surface area (Å²) in [5.41, 5.74) is 1.13. The molecule has 1 amide bonds. The topological polar surface area (TPSA) is 95.0 Å². The predicted molar refractivity (Wildman–Crippen MR) is 87.5 cm³/mol. The van der Waals surface area contributed by atoms with Gasteiger partial charge in [0.2, 0.25) is 5.91 Å². The number of hydrogen-bond donors (Lipinski definition) is 1. The predicted octanol–water partition coefficient (Wildman–Crippen LogP) is 1.22. The summed E-state index contributed by atoms with van der Waals surface area (Å²) >= 11 is 0. The average molecular weight is 329 g/mol. The van der Waals surface area contributed by atoms with Crippen LogP contribution in [0.15, 0.2) is 27.8 Å². The van der Waals surface area contributed by atoms with Gasteiger partial charge in [0.15, 0.2) is 5.65 Å². The lowest BCUT2D eigenvalue weighted by Crippen LogP contribution is -2.34. The summed E-state index contributed by atoms with van der Waals surface area (Å²) in [4.78, 5) is 28.8. The molecule has 0 aliphatic rings. The molecular weight excluding hydrogens is 310 g/mol. The van der Waals surface area contributed by atoms with E-state index in [0.717, 1.165) is 17.1 Å². The minimum Gasteiger partial charge on any atom is -0.466 e. The second-order valence-electron chi connectivity index (χ2n) is 5.84. The largest absolute Gasteiger partial charge is 0.466 e. The number of fused-ring (bicyclic) bond motifs is 1. The Kier molecular flexibility index (Phi) is 3.96. The van der Waals surface area contributed by atoms with Gasteiger partial charge < -0.3 is 9.73 Å². The zero-order chi connectivity index (χ0) is 17.4. The van der Waals surface area contributed by atoms with Crippen molar-refractivity contribution in [3.63, 3.8) is 0 Å². The molecule has 3 aromatic rings. The smallest absolute Gasteiger partial charge is 0.264 e. The zero-order valence-electron chi connectivity index (χ0n) is 14.0. The Morgan fingerprint density at radius 3 is 2.83 bits per heavy atom. The lowest BCUT2D eigenvalue weighted by Gasteiger charge is -2.13. The molecule has 8 nitrogen and oxygen atoms in total. The number of nitrogens with one attached hydrogen (secondary N) is 1. The van der Waals surface area contributed by atoms with Gasteiger partial charge in [-0.05, 0) is 26.8 Å². The molecule has 0 bridgehead atoms. The number of furan rings is 1. The Labute approximate surface area is 138 Å². The van der Waals surface area contributed by atoms with E-state index >= 15 is 0 Å². The van der Waals surface area contributed by atoms with Crippen LogP contribution in [0.4, 0.5) is 0 Å². The minimum atomic E-state index is -0.286. The lowest BCUT2D eigenvalue weighted by molar-refractivity contribution is -0.122. The second kappa shape index (κ2) is 5.95. The summed E-state index contributed by atoms with van der Waals surface area (Å²) in [6.07, 6.45) is 2.82. The van der Waals surface area contributed by atoms with Crippen molar-refractivity contribution in [1.82, 2.24) is 24.6 Å². The molecule has 0 saturated carbocycles. The second-order valence-corrected chi connectivity index (χ2v) is 5.84. The van der Waals surface area contributed by atoms with Gasteiger partial charge in [0, 0.05) is 12.6 Å². The van der Waals surface area contributed by atoms with E-state index in [1.165, 1.54) is 21.8 Å². The fraction of sp³-hybridized carbons (Fsp3) is 0.375. The minimum absolute atomic E-state index is 0.100. The number of nitrogens with zero attached hydrogens (tertiary/aromatic N) is 4. The summed E-state index contributed by atoms with van der Waals surface area (Å²) < 4.78 is 8.28. The SMILES string of the molecule is Cc1cc([C@@H](C)NC(=O)Cn2cnc3c(cnn3C)c2=O)c(C)o1. The van der Waals surface area contributed by atoms with Crippen LogP contribution in [-0.4, -0.2) is 25.2 Å². The first-order valence-electron chi connectivity index (χ1n) is 7.60. The maximum Gasteiger partial charge on any atom is 0.264 e. The van der Waals surface area contributed by atoms with E-state index in [1.54, 1.807) is 7.05 Å². The fourth-order valence-electron chi connectivity index (χ4n) is 2.78. The van der Waals surface area contributed by atoms with E-state index in [1.807, 2.05) is 26.8 Å². The van der Waals surface area contributed by atoms with Crippen molar-refractivity contribution in [2.24, 2.45) is 7.05 Å². The molecule has 8 heteroatoms. The van der Waals surface area contributed by atoms with Crippen LogP contribution in [0.2, 0.25) is 0 Å². The van der Waals surface area contributed by atoms with Gasteiger partial charge in [-0.1, -0.05) is 0 Å². The molecule has 0 saturated heterocycles. The van der Waals surface area contributed by atoms with Crippen LogP contribution in [0.5, 0.6) is 0 Å². The quantitative estimate of drug-likeness (QED) is 0.776. The van der Waals surface area contributed by atoms with Crippen molar-refractivity contribution in [3.8, 4) is 0 Å². The molecule has 0 spiro atoms. The molecule has 3 rings (SSSR count). The molecule has 24 heavy (non-hydrogen) atoms. The van der Waals surface area contributed by atoms with E-state index in [4.69, 9.17) is 4.42 Å². The average Bonchev–Trinajstić information content (AvgIpc) is 3.05. The van der Waals surface area contributed by atoms with Gasteiger partial charge in [-0.25, -0.2) is 4.98 Å². The highest BCUT2D eigenvalue weighted by Crippen LogP contribution is 2.21. The summed E-state index contributed by atoms with van der Waals surface area (Å²) in [6, 6.07) is 1.69. The van der Waals surface area contributed by atoms with Crippen LogP contribution in [0.1, 0.15) is 30.0 Å². The Bertz CT molecular complexity index is 966. The molecule has 126 valence electrons. The maximum atomic E-state index is 12.4. The van der Waals surface area contributed by atoms with Crippen LogP contribution in [0.3, 0.4) is 0 Å². The van der Waals surface area contributed by atoms with Crippen LogP contribution >= 0.6 is 0 Å². The highest BCUT2D eigenvalue weighted by molar-refractivity contribution is 5.77. The van der Waals surface area contributed by atoms with Gasteiger partial charge in [-0.2, -0.15) is 5.10 Å². The third-order valence-electron chi connectivity index (χ3n) is 3.96. The van der Waals surface area contributed by atoms with Gasteiger partial charge in [0.25, 0.3) is 5.56 Å². The Morgan fingerprint density at radius 1 is 1.42 bits per heavy atom. The summed E-state index contributed by atoms with van der Waals surface area (Å²) in [7, 11) is 1.71. The van der Waals surface area contributed by atoms with Gasteiger partial charge in [0.05, 0.1) is 12.2 Å². The van der Waals surface area contributed by atoms with Crippen molar-refractivity contribution in [3.05, 3.63) is 46.0 Å². The maximum absolute atomic E-state index is 12.4. The molecule has 3 heterocycles. The molecule has 3 aromatic heterocycles. The Hall–Kier alpha value is -2.90. The van der Waals surface area contributed by atoms with Gasteiger partial charge >= 0.3 is 0 Å². The molecule has 0 aliphatic heterocycles. The third-order valence-corrected chi connectivity index (χ3v) is 3.96. The highest BCUT2D eigenvalue weighted by atomic mass is 16.3. The van der Waals surface area contributed by atoms with Gasteiger partial charge in [-0.15, -0.1) is 0 Å². The Balaban J connectivity index is 1.76. The molecular formula is C16H19N5O3. The summed E-state index contributed by atoms with van der Waals surface area (Å²) in [5.74, 6) is 1.30. The standard InChI is InChI=1S/C16H19N5O3/c1-9-5-12(11(3)24-9)10(2)19-14(22)7-21-8-17-15-13(16(21)23)6-18-20(15)4/h5-6,8,10H,7H2,1-4H3,(H,19,22)/t10-/m1/s1. The van der Waals surface area contributed by atoms with Crippen LogP contribution in [-0.2, 0) is 18.4 Å². The molecule has 0 aromatic carbocycles. The number of hydrogen-bond acceptors (Lipinski definition) is 5. The van der Waals surface area contributed by atoms with E-state index in [-0.39, 0.29) is 24.1 Å². The van der Waals surface area contributed by atoms with Crippen molar-refractivity contribution in [1.29, 1.82) is 0 Å². The third kappa shape index (κ3) is 2.82. The number of aromatic nitrogens is 4. The van der Waals surface area contributed by atoms with Gasteiger partial charge in [-0.3, -0.25) is 18.8 Å². The monoisotopic (exact) mass is 329 g/mol. The lowest BCUT2D eigenvalue weighted by atomic mass is 10.1.